The molecule has 136 valence electrons. The van der Waals surface area contributed by atoms with E-state index < -0.39 is 11.5 Å². The Hall–Kier alpha value is -2.67. The van der Waals surface area contributed by atoms with Crippen molar-refractivity contribution in [3.8, 4) is 11.5 Å². The minimum Gasteiger partial charge on any atom is -0.423 e. The van der Waals surface area contributed by atoms with Gasteiger partial charge < -0.3 is 14.0 Å². The fourth-order valence-electron chi connectivity index (χ4n) is 2.52. The lowest BCUT2D eigenvalue weighted by atomic mass is 10.1. The molecule has 0 bridgehead atoms. The molecule has 0 aliphatic rings. The van der Waals surface area contributed by atoms with E-state index in [4.69, 9.17) is 16.3 Å². The summed E-state index contributed by atoms with van der Waals surface area (Å²) in [7, 11) is 0. The molecule has 0 N–H and O–H groups in total. The van der Waals surface area contributed by atoms with Crippen molar-refractivity contribution >= 4 is 28.6 Å². The maximum atomic E-state index is 12.6. The number of benzene rings is 2. The van der Waals surface area contributed by atoms with Gasteiger partial charge in [-0.1, -0.05) is 6.07 Å². The van der Waals surface area contributed by atoms with Gasteiger partial charge in [-0.15, -0.1) is 8.78 Å². The van der Waals surface area contributed by atoms with Crippen molar-refractivity contribution in [1.29, 1.82) is 0 Å². The number of esters is 1. The number of nitrogens with zero attached hydrogens (tertiary/aromatic N) is 2. The highest BCUT2D eigenvalue weighted by molar-refractivity contribution is 6.20. The van der Waals surface area contributed by atoms with Crippen LogP contribution in [0.15, 0.2) is 48.8 Å². The number of ether oxygens (including phenoxy) is 2. The molecule has 26 heavy (non-hydrogen) atoms. The first-order valence-electron chi connectivity index (χ1n) is 7.78. The lowest BCUT2D eigenvalue weighted by Gasteiger charge is -2.12. The Kier molecular flexibility index (Phi) is 4.82. The third kappa shape index (κ3) is 3.94. The second-order valence-electron chi connectivity index (χ2n) is 5.83. The summed E-state index contributed by atoms with van der Waals surface area (Å²) in [6.07, 6.45) is 1.67. The SMILES string of the molecule is CC(C)n1cnc2cccc(C(=O)Oc3ccc(OC(F)(F)Cl)cc3)c21. The summed E-state index contributed by atoms with van der Waals surface area (Å²) in [6.45, 7) is 3.96. The fraction of sp³-hybridized carbons (Fsp3) is 0.222. The van der Waals surface area contributed by atoms with E-state index in [1.54, 1.807) is 18.5 Å². The molecule has 0 atom stereocenters. The van der Waals surface area contributed by atoms with Gasteiger partial charge in [-0.05, 0) is 50.2 Å². The molecule has 1 heterocycles. The van der Waals surface area contributed by atoms with E-state index in [0.717, 1.165) is 0 Å². The Morgan fingerprint density at radius 2 is 1.81 bits per heavy atom. The lowest BCUT2D eigenvalue weighted by Crippen LogP contribution is -2.15. The number of alkyl halides is 3. The van der Waals surface area contributed by atoms with E-state index in [-0.39, 0.29) is 17.5 Å². The van der Waals surface area contributed by atoms with Crippen LogP contribution in [-0.4, -0.2) is 21.1 Å². The molecule has 1 aromatic heterocycles. The van der Waals surface area contributed by atoms with Gasteiger partial charge in [0.1, 0.15) is 11.5 Å². The smallest absolute Gasteiger partial charge is 0.423 e. The number of rotatable bonds is 5. The molecule has 8 heteroatoms. The van der Waals surface area contributed by atoms with Crippen molar-refractivity contribution in [3.05, 3.63) is 54.4 Å². The highest BCUT2D eigenvalue weighted by atomic mass is 35.5. The minimum atomic E-state index is -3.80. The predicted octanol–water partition coefficient (Wildman–Crippen LogP) is 5.00. The van der Waals surface area contributed by atoms with Crippen LogP contribution in [-0.2, 0) is 0 Å². The standard InChI is InChI=1S/C18H15ClF2N2O3/c1-11(2)23-10-22-15-5-3-4-14(16(15)23)17(24)25-12-6-8-13(9-7-12)26-18(19,20)21/h3-11H,1-2H3. The summed E-state index contributed by atoms with van der Waals surface area (Å²) < 4.78 is 36.7. The zero-order valence-electron chi connectivity index (χ0n) is 13.9. The van der Waals surface area contributed by atoms with Crippen LogP contribution in [0.4, 0.5) is 8.78 Å². The van der Waals surface area contributed by atoms with Gasteiger partial charge in [-0.25, -0.2) is 9.78 Å². The first-order chi connectivity index (χ1) is 12.2. The number of aromatic nitrogens is 2. The van der Waals surface area contributed by atoms with E-state index in [9.17, 15) is 13.6 Å². The monoisotopic (exact) mass is 380 g/mol. The number of hydrogen-bond donors (Lipinski definition) is 0. The first kappa shape index (κ1) is 18.1. The Morgan fingerprint density at radius 3 is 2.42 bits per heavy atom. The quantitative estimate of drug-likeness (QED) is 0.355. The highest BCUT2D eigenvalue weighted by Crippen LogP contribution is 2.27. The van der Waals surface area contributed by atoms with Gasteiger partial charge in [0, 0.05) is 17.6 Å². The summed E-state index contributed by atoms with van der Waals surface area (Å²) in [5.74, 6) is -0.535. The second kappa shape index (κ2) is 6.92. The summed E-state index contributed by atoms with van der Waals surface area (Å²) in [5.41, 5.74) is -2.08. The van der Waals surface area contributed by atoms with Crippen LogP contribution in [0.1, 0.15) is 30.2 Å². The highest BCUT2D eigenvalue weighted by Gasteiger charge is 2.27. The maximum absolute atomic E-state index is 12.6. The molecular formula is C18H15ClF2N2O3. The number of hydrogen-bond acceptors (Lipinski definition) is 4. The van der Waals surface area contributed by atoms with Crippen molar-refractivity contribution in [2.45, 2.75) is 25.5 Å². The van der Waals surface area contributed by atoms with Crippen LogP contribution in [0.3, 0.4) is 0 Å². The van der Waals surface area contributed by atoms with E-state index in [1.807, 2.05) is 24.5 Å². The molecule has 0 saturated carbocycles. The van der Waals surface area contributed by atoms with Crippen LogP contribution in [0.5, 0.6) is 11.5 Å². The van der Waals surface area contributed by atoms with E-state index in [2.05, 4.69) is 9.72 Å². The molecule has 0 radical (unpaired) electrons. The van der Waals surface area contributed by atoms with Crippen molar-refractivity contribution in [2.75, 3.05) is 0 Å². The van der Waals surface area contributed by atoms with E-state index in [1.165, 1.54) is 24.3 Å². The summed E-state index contributed by atoms with van der Waals surface area (Å²) in [6, 6.07) is 10.4. The van der Waals surface area contributed by atoms with Crippen LogP contribution in [0, 0.1) is 0 Å². The number of para-hydroxylation sites is 1. The van der Waals surface area contributed by atoms with Crippen LogP contribution in [0.25, 0.3) is 11.0 Å². The number of imidazole rings is 1. The normalized spacial score (nSPS) is 11.8. The zero-order valence-corrected chi connectivity index (χ0v) is 14.7. The van der Waals surface area contributed by atoms with Crippen molar-refractivity contribution in [1.82, 2.24) is 9.55 Å². The molecule has 0 amide bonds. The summed E-state index contributed by atoms with van der Waals surface area (Å²) in [5, 5.41) is 0. The summed E-state index contributed by atoms with van der Waals surface area (Å²) >= 11 is 4.71. The van der Waals surface area contributed by atoms with E-state index in [0.29, 0.717) is 16.6 Å². The van der Waals surface area contributed by atoms with Gasteiger partial charge in [0.2, 0.25) is 0 Å². The van der Waals surface area contributed by atoms with Gasteiger partial charge in [-0.2, -0.15) is 0 Å². The molecule has 2 aromatic carbocycles. The molecule has 0 spiro atoms. The molecule has 3 rings (SSSR count). The Bertz CT molecular complexity index is 934. The summed E-state index contributed by atoms with van der Waals surface area (Å²) in [4.78, 5) is 16.9. The third-order valence-electron chi connectivity index (χ3n) is 3.64. The van der Waals surface area contributed by atoms with Gasteiger partial charge in [-0.3, -0.25) is 0 Å². The van der Waals surface area contributed by atoms with Gasteiger partial charge >= 0.3 is 11.5 Å². The van der Waals surface area contributed by atoms with Gasteiger partial charge in [0.25, 0.3) is 0 Å². The largest absolute Gasteiger partial charge is 0.487 e. The van der Waals surface area contributed by atoms with Crippen LogP contribution in [0.2, 0.25) is 0 Å². The van der Waals surface area contributed by atoms with Gasteiger partial charge in [0.05, 0.1) is 22.9 Å². The molecule has 5 nitrogen and oxygen atoms in total. The minimum absolute atomic E-state index is 0.114. The van der Waals surface area contributed by atoms with Crippen molar-refractivity contribution in [3.63, 3.8) is 0 Å². The lowest BCUT2D eigenvalue weighted by molar-refractivity contribution is -0.0965. The number of carbonyl (C=O) groups excluding carboxylic acids is 1. The zero-order chi connectivity index (χ0) is 18.9. The third-order valence-corrected chi connectivity index (χ3v) is 3.72. The number of carbonyl (C=O) groups is 1. The van der Waals surface area contributed by atoms with Crippen LogP contribution < -0.4 is 9.47 Å². The number of halogens is 3. The van der Waals surface area contributed by atoms with Crippen LogP contribution >= 0.6 is 11.6 Å². The Balaban J connectivity index is 1.85. The van der Waals surface area contributed by atoms with Gasteiger partial charge in [0.15, 0.2) is 0 Å². The molecular weight excluding hydrogens is 366 g/mol. The Labute approximate surface area is 153 Å². The molecule has 0 unspecified atom stereocenters. The maximum Gasteiger partial charge on any atom is 0.487 e. The number of fused-ring (bicyclic) bond motifs is 1. The average Bonchev–Trinajstić information content (AvgIpc) is 2.99. The topological polar surface area (TPSA) is 53.4 Å². The molecule has 0 saturated heterocycles. The molecule has 0 fully saturated rings. The first-order valence-corrected chi connectivity index (χ1v) is 8.16. The predicted molar refractivity (Wildman–Crippen MR) is 92.9 cm³/mol. The Morgan fingerprint density at radius 1 is 1.15 bits per heavy atom. The average molecular weight is 381 g/mol. The van der Waals surface area contributed by atoms with Crippen molar-refractivity contribution in [2.24, 2.45) is 0 Å². The molecule has 3 aromatic rings. The van der Waals surface area contributed by atoms with E-state index >= 15 is 0 Å². The second-order valence-corrected chi connectivity index (χ2v) is 6.27. The molecule has 0 aliphatic carbocycles. The molecule has 0 aliphatic heterocycles. The van der Waals surface area contributed by atoms with Crippen molar-refractivity contribution < 1.29 is 23.0 Å². The fourth-order valence-corrected chi connectivity index (χ4v) is 2.61.